The zero-order chi connectivity index (χ0) is 12.9. The van der Waals surface area contributed by atoms with Crippen LogP contribution in [0, 0.1) is 0 Å². The van der Waals surface area contributed by atoms with E-state index in [0.29, 0.717) is 12.1 Å². The third-order valence-electron chi connectivity index (χ3n) is 2.59. The molecule has 0 saturated heterocycles. The van der Waals surface area contributed by atoms with Crippen LogP contribution >= 0.6 is 0 Å². The lowest BCUT2D eigenvalue weighted by molar-refractivity contribution is 0.155. The molecule has 16 heavy (non-hydrogen) atoms. The van der Waals surface area contributed by atoms with Crippen molar-refractivity contribution in [2.45, 2.75) is 52.7 Å². The summed E-state index contributed by atoms with van der Waals surface area (Å²) in [5, 5.41) is 2.96. The fourth-order valence-corrected chi connectivity index (χ4v) is 1.72. The standard InChI is InChI=1S/C12H27N3O/c1-9(2)15(10(3)4)8-11(5)13-12(16)14(6)7/h9-11H,8H2,1-7H3,(H,13,16)/t11-/m0/s1. The number of carbonyl (C=O) groups excluding carboxylic acids is 1. The van der Waals surface area contributed by atoms with Gasteiger partial charge in [0.2, 0.25) is 0 Å². The highest BCUT2D eigenvalue weighted by molar-refractivity contribution is 5.73. The van der Waals surface area contributed by atoms with Gasteiger partial charge >= 0.3 is 6.03 Å². The molecule has 0 aromatic carbocycles. The maximum atomic E-state index is 11.5. The van der Waals surface area contributed by atoms with Gasteiger partial charge in [-0.2, -0.15) is 0 Å². The number of urea groups is 1. The maximum absolute atomic E-state index is 11.5. The van der Waals surface area contributed by atoms with Gasteiger partial charge in [0.15, 0.2) is 0 Å². The molecule has 0 aliphatic heterocycles. The number of rotatable bonds is 5. The highest BCUT2D eigenvalue weighted by Gasteiger charge is 2.17. The van der Waals surface area contributed by atoms with Crippen molar-refractivity contribution in [1.82, 2.24) is 15.1 Å². The minimum atomic E-state index is -0.0278. The average molecular weight is 229 g/mol. The SMILES string of the molecule is CC(C)N(C[C@H](C)NC(=O)N(C)C)C(C)C. The first-order valence-electron chi connectivity index (χ1n) is 5.99. The smallest absolute Gasteiger partial charge is 0.317 e. The molecule has 0 spiro atoms. The first-order chi connectivity index (χ1) is 7.25. The van der Waals surface area contributed by atoms with Crippen LogP contribution in [0.25, 0.3) is 0 Å². The predicted octanol–water partition coefficient (Wildman–Crippen LogP) is 1.76. The molecule has 0 aliphatic carbocycles. The molecule has 0 rings (SSSR count). The van der Waals surface area contributed by atoms with Crippen LogP contribution in [0.15, 0.2) is 0 Å². The minimum absolute atomic E-state index is 0.0278. The number of hydrogen-bond acceptors (Lipinski definition) is 2. The molecule has 0 aromatic heterocycles. The maximum Gasteiger partial charge on any atom is 0.317 e. The van der Waals surface area contributed by atoms with E-state index in [1.807, 2.05) is 6.92 Å². The van der Waals surface area contributed by atoms with Gasteiger partial charge in [-0.05, 0) is 34.6 Å². The zero-order valence-corrected chi connectivity index (χ0v) is 11.7. The van der Waals surface area contributed by atoms with Crippen molar-refractivity contribution in [1.29, 1.82) is 0 Å². The van der Waals surface area contributed by atoms with E-state index in [1.165, 1.54) is 0 Å². The largest absolute Gasteiger partial charge is 0.334 e. The Kier molecular flexibility index (Phi) is 6.41. The van der Waals surface area contributed by atoms with E-state index in [9.17, 15) is 4.79 Å². The molecule has 0 aromatic rings. The highest BCUT2D eigenvalue weighted by Crippen LogP contribution is 2.05. The Morgan fingerprint density at radius 2 is 1.50 bits per heavy atom. The Bertz CT molecular complexity index is 206. The fourth-order valence-electron chi connectivity index (χ4n) is 1.72. The molecule has 0 saturated carbocycles. The Hall–Kier alpha value is -0.770. The van der Waals surface area contributed by atoms with Gasteiger partial charge < -0.3 is 10.2 Å². The fraction of sp³-hybridized carbons (Fsp3) is 0.917. The molecule has 0 radical (unpaired) electrons. The van der Waals surface area contributed by atoms with Crippen LogP contribution in [0.5, 0.6) is 0 Å². The van der Waals surface area contributed by atoms with Gasteiger partial charge in [0.1, 0.15) is 0 Å². The third-order valence-corrected chi connectivity index (χ3v) is 2.59. The number of carbonyl (C=O) groups is 1. The summed E-state index contributed by atoms with van der Waals surface area (Å²) in [7, 11) is 3.51. The van der Waals surface area contributed by atoms with E-state index >= 15 is 0 Å². The second-order valence-electron chi connectivity index (χ2n) is 5.13. The quantitative estimate of drug-likeness (QED) is 0.780. The van der Waals surface area contributed by atoms with Gasteiger partial charge in [-0.1, -0.05) is 0 Å². The van der Waals surface area contributed by atoms with E-state index < -0.39 is 0 Å². The van der Waals surface area contributed by atoms with Crippen molar-refractivity contribution >= 4 is 6.03 Å². The van der Waals surface area contributed by atoms with Gasteiger partial charge in [0.25, 0.3) is 0 Å². The van der Waals surface area contributed by atoms with Gasteiger partial charge in [0.05, 0.1) is 0 Å². The number of nitrogens with zero attached hydrogens (tertiary/aromatic N) is 2. The first-order valence-corrected chi connectivity index (χ1v) is 5.99. The van der Waals surface area contributed by atoms with Gasteiger partial charge in [-0.3, -0.25) is 4.90 Å². The number of amides is 2. The zero-order valence-electron chi connectivity index (χ0n) is 11.7. The van der Waals surface area contributed by atoms with E-state index in [-0.39, 0.29) is 12.1 Å². The molecule has 2 amide bonds. The second-order valence-corrected chi connectivity index (χ2v) is 5.13. The van der Waals surface area contributed by atoms with E-state index in [4.69, 9.17) is 0 Å². The molecular formula is C12H27N3O. The molecule has 1 atom stereocenters. The lowest BCUT2D eigenvalue weighted by Crippen LogP contribution is -2.49. The molecule has 0 aliphatic rings. The van der Waals surface area contributed by atoms with Crippen LogP contribution in [0.1, 0.15) is 34.6 Å². The van der Waals surface area contributed by atoms with Crippen molar-refractivity contribution in [3.8, 4) is 0 Å². The van der Waals surface area contributed by atoms with Crippen LogP contribution in [0.4, 0.5) is 4.79 Å². The summed E-state index contributed by atoms with van der Waals surface area (Å²) in [4.78, 5) is 15.4. The summed E-state index contributed by atoms with van der Waals surface area (Å²) in [5.74, 6) is 0. The van der Waals surface area contributed by atoms with E-state index in [2.05, 4.69) is 37.9 Å². The third kappa shape index (κ3) is 5.35. The summed E-state index contributed by atoms with van der Waals surface area (Å²) in [6.07, 6.45) is 0. The topological polar surface area (TPSA) is 35.6 Å². The minimum Gasteiger partial charge on any atom is -0.334 e. The Morgan fingerprint density at radius 1 is 1.06 bits per heavy atom. The Labute approximate surface area is 100.0 Å². The Balaban J connectivity index is 4.20. The molecule has 1 N–H and O–H groups in total. The summed E-state index contributed by atoms with van der Waals surface area (Å²) in [6.45, 7) is 11.6. The van der Waals surface area contributed by atoms with Gasteiger partial charge in [-0.15, -0.1) is 0 Å². The first kappa shape index (κ1) is 15.2. The monoisotopic (exact) mass is 229 g/mol. The summed E-state index contributed by atoms with van der Waals surface area (Å²) < 4.78 is 0. The Morgan fingerprint density at radius 3 is 1.81 bits per heavy atom. The second kappa shape index (κ2) is 6.74. The molecule has 0 heterocycles. The molecular weight excluding hydrogens is 202 g/mol. The predicted molar refractivity (Wildman–Crippen MR) is 68.7 cm³/mol. The number of nitrogens with one attached hydrogen (secondary N) is 1. The lowest BCUT2D eigenvalue weighted by Gasteiger charge is -2.33. The lowest BCUT2D eigenvalue weighted by atomic mass is 10.2. The molecule has 0 bridgehead atoms. The molecule has 96 valence electrons. The summed E-state index contributed by atoms with van der Waals surface area (Å²) in [6, 6.07) is 1.14. The normalized spacial score (nSPS) is 13.4. The van der Waals surface area contributed by atoms with Gasteiger partial charge in [-0.25, -0.2) is 4.79 Å². The van der Waals surface area contributed by atoms with E-state index in [1.54, 1.807) is 19.0 Å². The van der Waals surface area contributed by atoms with Crippen molar-refractivity contribution in [2.75, 3.05) is 20.6 Å². The molecule has 4 heteroatoms. The number of hydrogen-bond donors (Lipinski definition) is 1. The van der Waals surface area contributed by atoms with Crippen LogP contribution in [0.3, 0.4) is 0 Å². The van der Waals surface area contributed by atoms with Crippen molar-refractivity contribution in [3.05, 3.63) is 0 Å². The van der Waals surface area contributed by atoms with Crippen LogP contribution < -0.4 is 5.32 Å². The van der Waals surface area contributed by atoms with Crippen molar-refractivity contribution in [2.24, 2.45) is 0 Å². The summed E-state index contributed by atoms with van der Waals surface area (Å²) >= 11 is 0. The molecule has 0 fully saturated rings. The summed E-state index contributed by atoms with van der Waals surface area (Å²) in [5.41, 5.74) is 0. The average Bonchev–Trinajstić information content (AvgIpc) is 2.12. The van der Waals surface area contributed by atoms with Crippen LogP contribution in [0.2, 0.25) is 0 Å². The molecule has 4 nitrogen and oxygen atoms in total. The van der Waals surface area contributed by atoms with E-state index in [0.717, 1.165) is 6.54 Å². The highest BCUT2D eigenvalue weighted by atomic mass is 16.2. The van der Waals surface area contributed by atoms with Crippen LogP contribution in [-0.4, -0.2) is 54.6 Å². The molecule has 0 unspecified atom stereocenters. The van der Waals surface area contributed by atoms with Gasteiger partial charge in [0, 0.05) is 38.8 Å². The van der Waals surface area contributed by atoms with Crippen molar-refractivity contribution in [3.63, 3.8) is 0 Å². The van der Waals surface area contributed by atoms with Crippen molar-refractivity contribution < 1.29 is 4.79 Å². The van der Waals surface area contributed by atoms with Crippen LogP contribution in [-0.2, 0) is 0 Å².